The largest absolute Gasteiger partial charge is 0.494 e. The maximum Gasteiger partial charge on any atom is 0.150 e. The smallest absolute Gasteiger partial charge is 0.150 e. The van der Waals surface area contributed by atoms with Crippen molar-refractivity contribution in [3.05, 3.63) is 114 Å². The molecule has 3 aromatic carbocycles. The molecule has 3 rings (SSSR count). The summed E-state index contributed by atoms with van der Waals surface area (Å²) in [6, 6.07) is 18.4. The molecule has 0 saturated carbocycles. The van der Waals surface area contributed by atoms with Crippen molar-refractivity contribution in [2.24, 2.45) is 0 Å². The molecule has 0 unspecified atom stereocenters. The van der Waals surface area contributed by atoms with Gasteiger partial charge in [-0.15, -0.1) is 0 Å². The van der Waals surface area contributed by atoms with Gasteiger partial charge in [0, 0.05) is 28.2 Å². The molecule has 0 spiro atoms. The minimum atomic E-state index is -0.394. The zero-order chi connectivity index (χ0) is 25.0. The molecule has 5 heteroatoms. The Balaban J connectivity index is 2.25. The van der Waals surface area contributed by atoms with Crippen LogP contribution in [0.25, 0.3) is 0 Å². The van der Waals surface area contributed by atoms with E-state index in [-0.39, 0.29) is 0 Å². The fourth-order valence-electron chi connectivity index (χ4n) is 3.80. The number of aldehydes is 2. The molecule has 0 radical (unpaired) electrons. The minimum Gasteiger partial charge on any atom is -0.494 e. The van der Waals surface area contributed by atoms with E-state index in [1.165, 1.54) is 0 Å². The second-order valence-electron chi connectivity index (χ2n) is 7.88. The molecule has 0 saturated heterocycles. The van der Waals surface area contributed by atoms with Gasteiger partial charge in [-0.2, -0.15) is 0 Å². The average Bonchev–Trinajstić information content (AvgIpc) is 2.91. The van der Waals surface area contributed by atoms with E-state index in [0.717, 1.165) is 41.4 Å². The quantitative estimate of drug-likeness (QED) is 0.155. The Morgan fingerprint density at radius 1 is 0.743 bits per heavy atom. The average molecular weight is 471 g/mol. The summed E-state index contributed by atoms with van der Waals surface area (Å²) < 4.78 is 17.7. The van der Waals surface area contributed by atoms with Gasteiger partial charge in [-0.3, -0.25) is 9.59 Å². The van der Waals surface area contributed by atoms with Crippen LogP contribution in [0, 0.1) is 0 Å². The van der Waals surface area contributed by atoms with Crippen molar-refractivity contribution >= 4 is 12.6 Å². The molecule has 0 aliphatic rings. The van der Waals surface area contributed by atoms with Crippen molar-refractivity contribution in [3.63, 3.8) is 0 Å². The maximum absolute atomic E-state index is 11.7. The van der Waals surface area contributed by atoms with Gasteiger partial charge in [0.1, 0.15) is 43.0 Å². The highest BCUT2D eigenvalue weighted by molar-refractivity contribution is 5.78. The number of carbonyl (C=O) groups is 2. The summed E-state index contributed by atoms with van der Waals surface area (Å²) in [5.74, 6) is 1.59. The predicted octanol–water partition coefficient (Wildman–Crippen LogP) is 6.41. The summed E-state index contributed by atoms with van der Waals surface area (Å²) in [5, 5.41) is 0. The van der Waals surface area contributed by atoms with Gasteiger partial charge in [0.05, 0.1) is 6.61 Å². The van der Waals surface area contributed by atoms with Crippen molar-refractivity contribution in [1.82, 2.24) is 0 Å². The number of carbonyl (C=O) groups excluding carboxylic acids is 2. The van der Waals surface area contributed by atoms with Crippen molar-refractivity contribution in [1.29, 1.82) is 0 Å². The lowest BCUT2D eigenvalue weighted by atomic mass is 9.83. The maximum atomic E-state index is 11.7. The molecule has 35 heavy (non-hydrogen) atoms. The highest BCUT2D eigenvalue weighted by Crippen LogP contribution is 2.42. The van der Waals surface area contributed by atoms with E-state index in [2.05, 4.69) is 20.1 Å². The number of hydrogen-bond donors (Lipinski definition) is 0. The van der Waals surface area contributed by atoms with E-state index in [9.17, 15) is 9.59 Å². The van der Waals surface area contributed by atoms with Crippen LogP contribution in [-0.4, -0.2) is 32.4 Å². The molecule has 0 aliphatic carbocycles. The van der Waals surface area contributed by atoms with E-state index in [0.29, 0.717) is 42.4 Å². The van der Waals surface area contributed by atoms with Gasteiger partial charge in [-0.1, -0.05) is 44.4 Å². The van der Waals surface area contributed by atoms with Gasteiger partial charge in [0.25, 0.3) is 0 Å². The third-order valence-corrected chi connectivity index (χ3v) is 5.36. The van der Waals surface area contributed by atoms with Crippen LogP contribution >= 0.6 is 0 Å². The second-order valence-corrected chi connectivity index (χ2v) is 7.88. The molecule has 0 atom stereocenters. The summed E-state index contributed by atoms with van der Waals surface area (Å²) in [7, 11) is 0. The van der Waals surface area contributed by atoms with Gasteiger partial charge in [0.15, 0.2) is 0 Å². The first kappa shape index (κ1) is 25.5. The van der Waals surface area contributed by atoms with Crippen LogP contribution < -0.4 is 14.2 Å². The van der Waals surface area contributed by atoms with Crippen molar-refractivity contribution in [2.75, 3.05) is 19.8 Å². The lowest BCUT2D eigenvalue weighted by Crippen LogP contribution is -2.10. The number of rotatable bonds is 14. The Bertz CT molecular complexity index is 1100. The Labute approximate surface area is 206 Å². The molecule has 0 bridgehead atoms. The van der Waals surface area contributed by atoms with Gasteiger partial charge in [0.2, 0.25) is 0 Å². The number of hydrogen-bond acceptors (Lipinski definition) is 5. The molecule has 5 nitrogen and oxygen atoms in total. The van der Waals surface area contributed by atoms with Crippen molar-refractivity contribution < 1.29 is 23.8 Å². The summed E-state index contributed by atoms with van der Waals surface area (Å²) in [6.07, 6.45) is 5.85. The Hall–Kier alpha value is -4.12. The van der Waals surface area contributed by atoms with Gasteiger partial charge in [-0.05, 0) is 60.5 Å². The molecule has 3 aromatic rings. The van der Waals surface area contributed by atoms with E-state index >= 15 is 0 Å². The molecule has 0 amide bonds. The van der Waals surface area contributed by atoms with Crippen LogP contribution in [0.2, 0.25) is 0 Å². The van der Waals surface area contributed by atoms with Crippen LogP contribution in [0.3, 0.4) is 0 Å². The van der Waals surface area contributed by atoms with Crippen molar-refractivity contribution in [2.45, 2.75) is 19.3 Å². The van der Waals surface area contributed by atoms with Crippen LogP contribution in [0.1, 0.15) is 56.7 Å². The second kappa shape index (κ2) is 12.9. The Kier molecular flexibility index (Phi) is 9.43. The molecule has 0 N–H and O–H groups in total. The lowest BCUT2D eigenvalue weighted by Gasteiger charge is -2.25. The number of benzene rings is 3. The van der Waals surface area contributed by atoms with Crippen LogP contribution in [0.4, 0.5) is 0 Å². The standard InChI is InChI=1S/C30H30O5/c1-4-15-33-25-11-9-24(10-12-25)30(26-18-22(20-31)7-13-28(26)34-16-5-2)27-19-23(21-32)8-14-29(27)35-17-6-3/h5-14,18-21,30H,2-4,15-17H2,1H3. The topological polar surface area (TPSA) is 61.8 Å². The summed E-state index contributed by atoms with van der Waals surface area (Å²) in [5.41, 5.74) is 3.49. The molecular formula is C30H30O5. The predicted molar refractivity (Wildman–Crippen MR) is 138 cm³/mol. The summed E-state index contributed by atoms with van der Waals surface area (Å²) in [6.45, 7) is 10.8. The Morgan fingerprint density at radius 2 is 1.26 bits per heavy atom. The van der Waals surface area contributed by atoms with Gasteiger partial charge >= 0.3 is 0 Å². The molecule has 0 heterocycles. The third kappa shape index (κ3) is 6.48. The Morgan fingerprint density at radius 3 is 1.69 bits per heavy atom. The number of ether oxygens (including phenoxy) is 3. The van der Waals surface area contributed by atoms with Gasteiger partial charge < -0.3 is 14.2 Å². The summed E-state index contributed by atoms with van der Waals surface area (Å²) in [4.78, 5) is 23.4. The molecule has 0 aromatic heterocycles. The summed E-state index contributed by atoms with van der Waals surface area (Å²) >= 11 is 0. The first-order chi connectivity index (χ1) is 17.1. The zero-order valence-corrected chi connectivity index (χ0v) is 19.9. The first-order valence-corrected chi connectivity index (χ1v) is 11.5. The third-order valence-electron chi connectivity index (χ3n) is 5.36. The first-order valence-electron chi connectivity index (χ1n) is 11.5. The van der Waals surface area contributed by atoms with Crippen LogP contribution in [0.5, 0.6) is 17.2 Å². The minimum absolute atomic E-state index is 0.304. The van der Waals surface area contributed by atoms with Crippen molar-refractivity contribution in [3.8, 4) is 17.2 Å². The SMILES string of the molecule is C=CCOc1ccc(C=O)cc1C(c1ccc(OCCC)cc1)c1cc(C=O)ccc1OCC=C. The van der Waals surface area contributed by atoms with Crippen LogP contribution in [-0.2, 0) is 0 Å². The van der Waals surface area contributed by atoms with E-state index < -0.39 is 5.92 Å². The van der Waals surface area contributed by atoms with Gasteiger partial charge in [-0.25, -0.2) is 0 Å². The monoisotopic (exact) mass is 470 g/mol. The van der Waals surface area contributed by atoms with E-state index in [1.807, 2.05) is 36.4 Å². The highest BCUT2D eigenvalue weighted by Gasteiger charge is 2.25. The van der Waals surface area contributed by atoms with E-state index in [1.54, 1.807) is 36.4 Å². The molecule has 0 fully saturated rings. The molecular weight excluding hydrogens is 440 g/mol. The lowest BCUT2D eigenvalue weighted by molar-refractivity contribution is 0.111. The molecule has 0 aliphatic heterocycles. The normalized spacial score (nSPS) is 10.5. The highest BCUT2D eigenvalue weighted by atomic mass is 16.5. The fourth-order valence-corrected chi connectivity index (χ4v) is 3.80. The van der Waals surface area contributed by atoms with E-state index in [4.69, 9.17) is 14.2 Å². The zero-order valence-electron chi connectivity index (χ0n) is 19.9. The molecule has 180 valence electrons. The fraction of sp³-hybridized carbons (Fsp3) is 0.200. The van der Waals surface area contributed by atoms with Crippen LogP contribution in [0.15, 0.2) is 86.0 Å².